The summed E-state index contributed by atoms with van der Waals surface area (Å²) in [5.74, 6) is 0.337. The van der Waals surface area contributed by atoms with Gasteiger partial charge in [-0.15, -0.1) is 6.58 Å². The van der Waals surface area contributed by atoms with Gasteiger partial charge in [-0.3, -0.25) is 9.59 Å². The zero-order valence-electron chi connectivity index (χ0n) is 12.6. The summed E-state index contributed by atoms with van der Waals surface area (Å²) in [4.78, 5) is 25.8. The first-order chi connectivity index (χ1) is 9.54. The van der Waals surface area contributed by atoms with Gasteiger partial charge in [0.05, 0.1) is 13.2 Å². The highest BCUT2D eigenvalue weighted by molar-refractivity contribution is 5.89. The average Bonchev–Trinajstić information content (AvgIpc) is 2.51. The largest absolute Gasteiger partial charge is 0.379 e. The summed E-state index contributed by atoms with van der Waals surface area (Å²) in [6, 6.07) is -0.391. The summed E-state index contributed by atoms with van der Waals surface area (Å²) in [7, 11) is 0. The van der Waals surface area contributed by atoms with Gasteiger partial charge in [-0.2, -0.15) is 0 Å². The molecule has 0 saturated carbocycles. The van der Waals surface area contributed by atoms with E-state index in [1.54, 1.807) is 11.0 Å². The van der Waals surface area contributed by atoms with Crippen LogP contribution in [0.2, 0.25) is 0 Å². The number of hydrogen-bond donors (Lipinski definition) is 1. The molecule has 5 heteroatoms. The van der Waals surface area contributed by atoms with Gasteiger partial charge in [-0.05, 0) is 18.8 Å². The molecular weight excluding hydrogens is 256 g/mol. The van der Waals surface area contributed by atoms with Crippen molar-refractivity contribution in [3.63, 3.8) is 0 Å². The Morgan fingerprint density at radius 2 is 2.20 bits per heavy atom. The Morgan fingerprint density at radius 3 is 2.85 bits per heavy atom. The fourth-order valence-electron chi connectivity index (χ4n) is 2.19. The van der Waals surface area contributed by atoms with E-state index in [0.717, 1.165) is 6.42 Å². The van der Waals surface area contributed by atoms with Gasteiger partial charge in [-0.25, -0.2) is 0 Å². The number of nitrogens with one attached hydrogen (secondary N) is 1. The second-order valence-corrected chi connectivity index (χ2v) is 5.51. The molecule has 1 aliphatic heterocycles. The maximum Gasteiger partial charge on any atom is 0.245 e. The van der Waals surface area contributed by atoms with Crippen molar-refractivity contribution in [1.82, 2.24) is 10.2 Å². The van der Waals surface area contributed by atoms with Crippen molar-refractivity contribution in [2.45, 2.75) is 39.2 Å². The van der Waals surface area contributed by atoms with E-state index in [1.165, 1.54) is 0 Å². The third-order valence-corrected chi connectivity index (χ3v) is 3.23. The fourth-order valence-corrected chi connectivity index (χ4v) is 2.19. The highest BCUT2D eigenvalue weighted by atomic mass is 16.5. The van der Waals surface area contributed by atoms with Crippen LogP contribution in [0.25, 0.3) is 0 Å². The Balaban J connectivity index is 2.49. The Hall–Kier alpha value is -1.36. The minimum atomic E-state index is -0.391. The van der Waals surface area contributed by atoms with Crippen molar-refractivity contribution in [2.75, 3.05) is 26.3 Å². The van der Waals surface area contributed by atoms with Crippen molar-refractivity contribution in [3.8, 4) is 0 Å². The molecule has 1 rings (SSSR count). The Morgan fingerprint density at radius 1 is 1.45 bits per heavy atom. The van der Waals surface area contributed by atoms with E-state index in [1.807, 2.05) is 13.8 Å². The van der Waals surface area contributed by atoms with Gasteiger partial charge >= 0.3 is 0 Å². The molecule has 1 N–H and O–H groups in total. The van der Waals surface area contributed by atoms with E-state index in [2.05, 4.69) is 11.9 Å². The predicted octanol–water partition coefficient (Wildman–Crippen LogP) is 1.34. The lowest BCUT2D eigenvalue weighted by molar-refractivity contribution is -0.134. The molecule has 0 aromatic rings. The molecule has 0 spiro atoms. The van der Waals surface area contributed by atoms with Crippen LogP contribution in [-0.4, -0.2) is 49.1 Å². The van der Waals surface area contributed by atoms with E-state index in [0.29, 0.717) is 45.1 Å². The Kier molecular flexibility index (Phi) is 7.30. The number of amides is 2. The predicted molar refractivity (Wildman–Crippen MR) is 78.2 cm³/mol. The van der Waals surface area contributed by atoms with Crippen LogP contribution in [-0.2, 0) is 14.3 Å². The summed E-state index contributed by atoms with van der Waals surface area (Å²) in [5.41, 5.74) is 0. The standard InChI is InChI=1S/C15H26N2O3/c1-4-5-9-20-10-8-17-7-6-14(18)16-13(15(17)19)11-12(2)3/h4,12-13H,1,5-11H2,2-3H3,(H,16,18). The molecule has 0 aliphatic carbocycles. The zero-order chi connectivity index (χ0) is 15.0. The monoisotopic (exact) mass is 282 g/mol. The van der Waals surface area contributed by atoms with Crippen molar-refractivity contribution in [1.29, 1.82) is 0 Å². The maximum atomic E-state index is 12.4. The van der Waals surface area contributed by atoms with Gasteiger partial charge in [0.25, 0.3) is 0 Å². The average molecular weight is 282 g/mol. The van der Waals surface area contributed by atoms with Crippen LogP contribution in [0.5, 0.6) is 0 Å². The van der Waals surface area contributed by atoms with Crippen molar-refractivity contribution in [3.05, 3.63) is 12.7 Å². The van der Waals surface area contributed by atoms with Gasteiger partial charge in [0, 0.05) is 19.5 Å². The molecule has 1 atom stereocenters. The first-order valence-electron chi connectivity index (χ1n) is 7.31. The van der Waals surface area contributed by atoms with E-state index < -0.39 is 6.04 Å². The zero-order valence-corrected chi connectivity index (χ0v) is 12.6. The lowest BCUT2D eigenvalue weighted by atomic mass is 10.0. The van der Waals surface area contributed by atoms with Crippen LogP contribution < -0.4 is 5.32 Å². The number of rotatable bonds is 8. The Labute approximate surface area is 121 Å². The molecule has 1 heterocycles. The first kappa shape index (κ1) is 16.7. The number of nitrogens with zero attached hydrogens (tertiary/aromatic N) is 1. The van der Waals surface area contributed by atoms with Crippen LogP contribution >= 0.6 is 0 Å². The molecular formula is C15H26N2O3. The SMILES string of the molecule is C=CCCOCCN1CCC(=O)NC(CC(C)C)C1=O. The summed E-state index contributed by atoms with van der Waals surface area (Å²) in [5, 5.41) is 2.82. The summed E-state index contributed by atoms with van der Waals surface area (Å²) in [6.45, 7) is 9.87. The normalized spacial score (nSPS) is 19.9. The molecule has 20 heavy (non-hydrogen) atoms. The van der Waals surface area contributed by atoms with Crippen molar-refractivity contribution in [2.24, 2.45) is 5.92 Å². The van der Waals surface area contributed by atoms with Crippen LogP contribution in [0.15, 0.2) is 12.7 Å². The van der Waals surface area contributed by atoms with Gasteiger partial charge in [0.1, 0.15) is 6.04 Å². The molecule has 0 aromatic carbocycles. The van der Waals surface area contributed by atoms with Crippen LogP contribution in [0.1, 0.15) is 33.1 Å². The van der Waals surface area contributed by atoms with E-state index in [4.69, 9.17) is 4.74 Å². The Bertz CT molecular complexity index is 342. The van der Waals surface area contributed by atoms with Crippen LogP contribution in [0, 0.1) is 5.92 Å². The molecule has 0 radical (unpaired) electrons. The van der Waals surface area contributed by atoms with E-state index in [9.17, 15) is 9.59 Å². The molecule has 1 aliphatic rings. The number of hydrogen-bond acceptors (Lipinski definition) is 3. The third kappa shape index (κ3) is 5.74. The molecule has 1 saturated heterocycles. The highest BCUT2D eigenvalue weighted by Gasteiger charge is 2.29. The molecule has 1 fully saturated rings. The van der Waals surface area contributed by atoms with Gasteiger partial charge < -0.3 is 15.0 Å². The number of ether oxygens (including phenoxy) is 1. The van der Waals surface area contributed by atoms with Crippen LogP contribution in [0.4, 0.5) is 0 Å². The number of carbonyl (C=O) groups excluding carboxylic acids is 2. The maximum absolute atomic E-state index is 12.4. The topological polar surface area (TPSA) is 58.6 Å². The quantitative estimate of drug-likeness (QED) is 0.540. The lowest BCUT2D eigenvalue weighted by Gasteiger charge is -2.24. The third-order valence-electron chi connectivity index (χ3n) is 3.23. The van der Waals surface area contributed by atoms with Gasteiger partial charge in [-0.1, -0.05) is 19.9 Å². The molecule has 1 unspecified atom stereocenters. The second-order valence-electron chi connectivity index (χ2n) is 5.51. The first-order valence-corrected chi connectivity index (χ1v) is 7.31. The smallest absolute Gasteiger partial charge is 0.245 e. The summed E-state index contributed by atoms with van der Waals surface area (Å²) >= 11 is 0. The van der Waals surface area contributed by atoms with E-state index in [-0.39, 0.29) is 11.8 Å². The van der Waals surface area contributed by atoms with Crippen LogP contribution in [0.3, 0.4) is 0 Å². The molecule has 0 bridgehead atoms. The molecule has 114 valence electrons. The van der Waals surface area contributed by atoms with Crippen molar-refractivity contribution < 1.29 is 14.3 Å². The van der Waals surface area contributed by atoms with E-state index >= 15 is 0 Å². The lowest BCUT2D eigenvalue weighted by Crippen LogP contribution is -2.46. The van der Waals surface area contributed by atoms with Crippen molar-refractivity contribution >= 4 is 11.8 Å². The fraction of sp³-hybridized carbons (Fsp3) is 0.733. The second kappa shape index (κ2) is 8.74. The highest BCUT2D eigenvalue weighted by Crippen LogP contribution is 2.11. The molecule has 5 nitrogen and oxygen atoms in total. The molecule has 2 amide bonds. The minimum Gasteiger partial charge on any atom is -0.379 e. The summed E-state index contributed by atoms with van der Waals surface area (Å²) < 4.78 is 5.44. The van der Waals surface area contributed by atoms with Gasteiger partial charge in [0.2, 0.25) is 11.8 Å². The minimum absolute atomic E-state index is 0.0110. The van der Waals surface area contributed by atoms with Gasteiger partial charge in [0.15, 0.2) is 0 Å². The molecule has 0 aromatic heterocycles. The summed E-state index contributed by atoms with van der Waals surface area (Å²) in [6.07, 6.45) is 3.66. The number of carbonyl (C=O) groups is 2.